The van der Waals surface area contributed by atoms with Gasteiger partial charge in [-0.1, -0.05) is 35.3 Å². The van der Waals surface area contributed by atoms with Crippen LogP contribution in [0.4, 0.5) is 0 Å². The molecule has 2 unspecified atom stereocenters. The van der Waals surface area contributed by atoms with Crippen molar-refractivity contribution in [3.8, 4) is 11.4 Å². The molecule has 1 saturated carbocycles. The summed E-state index contributed by atoms with van der Waals surface area (Å²) < 4.78 is 2.10. The fourth-order valence-corrected chi connectivity index (χ4v) is 5.77. The van der Waals surface area contributed by atoms with Gasteiger partial charge in [-0.3, -0.25) is 14.4 Å². The molecule has 10 heteroatoms. The predicted molar refractivity (Wildman–Crippen MR) is 152 cm³/mol. The minimum atomic E-state index is -0.524. The van der Waals surface area contributed by atoms with Gasteiger partial charge in [-0.2, -0.15) is 0 Å². The van der Waals surface area contributed by atoms with E-state index >= 15 is 0 Å². The monoisotopic (exact) mass is 563 g/mol. The van der Waals surface area contributed by atoms with Gasteiger partial charge in [0.1, 0.15) is 5.82 Å². The first-order valence-electron chi connectivity index (χ1n) is 12.6. The Kier molecular flexibility index (Phi) is 7.59. The van der Waals surface area contributed by atoms with Gasteiger partial charge in [-0.15, -0.1) is 0 Å². The first kappa shape index (κ1) is 26.7. The van der Waals surface area contributed by atoms with E-state index in [0.717, 1.165) is 35.0 Å². The van der Waals surface area contributed by atoms with Crippen LogP contribution in [-0.4, -0.2) is 34.3 Å². The molecule has 1 aliphatic rings. The van der Waals surface area contributed by atoms with Crippen molar-refractivity contribution in [2.45, 2.75) is 31.8 Å². The molecule has 5 rings (SSSR count). The van der Waals surface area contributed by atoms with Gasteiger partial charge in [0, 0.05) is 52.3 Å². The molecule has 4 aromatic rings. The lowest BCUT2D eigenvalue weighted by molar-refractivity contribution is -0.124. The molecule has 4 N–H and O–H groups in total. The molecule has 0 spiro atoms. The molecule has 3 aromatic carbocycles. The number of halogens is 2. The normalized spacial score (nSPS) is 16.8. The molecule has 3 amide bonds. The quantitative estimate of drug-likeness (QED) is 0.289. The van der Waals surface area contributed by atoms with Gasteiger partial charge in [0.05, 0.1) is 11.0 Å². The van der Waals surface area contributed by atoms with Crippen molar-refractivity contribution in [3.05, 3.63) is 87.4 Å². The van der Waals surface area contributed by atoms with Crippen LogP contribution in [0.25, 0.3) is 22.4 Å². The number of carbonyl (C=O) groups excluding carboxylic acids is 3. The number of nitrogens with one attached hydrogen (secondary N) is 2. The second-order valence-corrected chi connectivity index (χ2v) is 10.6. The standard InChI is InChI=1S/C29H27Cl2N5O3/c1-33-28(38)18-5-7-23(12-18)36-25-13-19(29(39)34-15-16-3-2-4-17(9-16)26(32)37)6-8-24(25)35-27(36)20-10-21(30)14-22(31)11-20/h2-4,6,8-11,13-14,18,23H,5,7,12,15H2,1H3,(H2,32,37)(H,33,38)(H,34,39). The van der Waals surface area contributed by atoms with E-state index in [2.05, 4.69) is 15.2 Å². The van der Waals surface area contributed by atoms with Crippen LogP contribution in [0.3, 0.4) is 0 Å². The molecular formula is C29H27Cl2N5O3. The number of aromatic nitrogens is 2. The lowest BCUT2D eigenvalue weighted by Gasteiger charge is -2.18. The van der Waals surface area contributed by atoms with E-state index in [1.54, 1.807) is 37.4 Å². The summed E-state index contributed by atoms with van der Waals surface area (Å²) in [5.41, 5.74) is 9.24. The van der Waals surface area contributed by atoms with Crippen molar-refractivity contribution in [2.24, 2.45) is 11.7 Å². The van der Waals surface area contributed by atoms with E-state index in [1.165, 1.54) is 0 Å². The summed E-state index contributed by atoms with van der Waals surface area (Å²) in [6.07, 6.45) is 2.20. The smallest absolute Gasteiger partial charge is 0.251 e. The van der Waals surface area contributed by atoms with Crippen molar-refractivity contribution in [3.63, 3.8) is 0 Å². The van der Waals surface area contributed by atoms with Crippen LogP contribution in [0.15, 0.2) is 60.7 Å². The average Bonchev–Trinajstić information content (AvgIpc) is 3.55. The Bertz CT molecular complexity index is 1580. The third-order valence-corrected chi connectivity index (χ3v) is 7.56. The molecule has 0 aliphatic heterocycles. The number of benzene rings is 3. The molecule has 0 bridgehead atoms. The summed E-state index contributed by atoms with van der Waals surface area (Å²) in [5.74, 6) is -0.191. The number of carbonyl (C=O) groups is 3. The van der Waals surface area contributed by atoms with Crippen LogP contribution in [0.1, 0.15) is 51.6 Å². The largest absolute Gasteiger partial charge is 0.366 e. The molecule has 0 radical (unpaired) electrons. The van der Waals surface area contributed by atoms with Crippen molar-refractivity contribution >= 4 is 52.0 Å². The molecular weight excluding hydrogens is 537 g/mol. The van der Waals surface area contributed by atoms with Crippen LogP contribution in [0, 0.1) is 5.92 Å². The maximum Gasteiger partial charge on any atom is 0.251 e. The van der Waals surface area contributed by atoms with Crippen LogP contribution >= 0.6 is 23.2 Å². The van der Waals surface area contributed by atoms with Crippen molar-refractivity contribution in [1.82, 2.24) is 20.2 Å². The lowest BCUT2D eigenvalue weighted by Crippen LogP contribution is -2.25. The number of imidazole rings is 1. The van der Waals surface area contributed by atoms with Crippen molar-refractivity contribution in [2.75, 3.05) is 7.05 Å². The number of nitrogens with two attached hydrogens (primary N) is 1. The average molecular weight is 564 g/mol. The number of amides is 3. The highest BCUT2D eigenvalue weighted by molar-refractivity contribution is 6.35. The Hall–Kier alpha value is -3.88. The number of hydrogen-bond acceptors (Lipinski definition) is 4. The molecule has 1 fully saturated rings. The molecule has 1 aromatic heterocycles. The molecule has 1 aliphatic carbocycles. The molecule has 39 heavy (non-hydrogen) atoms. The van der Waals surface area contributed by atoms with E-state index in [1.807, 2.05) is 30.3 Å². The van der Waals surface area contributed by atoms with Gasteiger partial charge in [0.15, 0.2) is 0 Å². The van der Waals surface area contributed by atoms with Gasteiger partial charge >= 0.3 is 0 Å². The fraction of sp³-hybridized carbons (Fsp3) is 0.241. The predicted octanol–water partition coefficient (Wildman–Crippen LogP) is 5.13. The summed E-state index contributed by atoms with van der Waals surface area (Å²) in [6.45, 7) is 0.236. The molecule has 1 heterocycles. The molecule has 200 valence electrons. The Labute approximate surface area is 235 Å². The Balaban J connectivity index is 1.50. The number of fused-ring (bicyclic) bond motifs is 1. The topological polar surface area (TPSA) is 119 Å². The Morgan fingerprint density at radius 3 is 2.49 bits per heavy atom. The second-order valence-electron chi connectivity index (χ2n) is 9.69. The third-order valence-electron chi connectivity index (χ3n) is 7.12. The highest BCUT2D eigenvalue weighted by Crippen LogP contribution is 2.40. The highest BCUT2D eigenvalue weighted by Gasteiger charge is 2.33. The molecule has 0 saturated heterocycles. The number of primary amides is 1. The van der Waals surface area contributed by atoms with Gasteiger partial charge in [-0.25, -0.2) is 4.98 Å². The maximum absolute atomic E-state index is 13.1. The number of rotatable bonds is 7. The van der Waals surface area contributed by atoms with E-state index in [4.69, 9.17) is 33.9 Å². The van der Waals surface area contributed by atoms with Crippen LogP contribution in [0.2, 0.25) is 10.0 Å². The first-order valence-corrected chi connectivity index (χ1v) is 13.4. The highest BCUT2D eigenvalue weighted by atomic mass is 35.5. The SMILES string of the molecule is CNC(=O)C1CCC(n2c(-c3cc(Cl)cc(Cl)c3)nc3ccc(C(=O)NCc4cccc(C(N)=O)c4)cc32)C1. The minimum absolute atomic E-state index is 0.0000853. The minimum Gasteiger partial charge on any atom is -0.366 e. The van der Waals surface area contributed by atoms with Crippen LogP contribution in [0.5, 0.6) is 0 Å². The Morgan fingerprint density at radius 1 is 1.00 bits per heavy atom. The van der Waals surface area contributed by atoms with E-state index in [0.29, 0.717) is 33.4 Å². The number of nitrogens with zero attached hydrogens (tertiary/aromatic N) is 2. The summed E-state index contributed by atoms with van der Waals surface area (Å²) in [4.78, 5) is 41.9. The second kappa shape index (κ2) is 11.1. The maximum atomic E-state index is 13.1. The van der Waals surface area contributed by atoms with Gasteiger partial charge < -0.3 is 20.9 Å². The van der Waals surface area contributed by atoms with Crippen molar-refractivity contribution < 1.29 is 14.4 Å². The van der Waals surface area contributed by atoms with Gasteiger partial charge in [-0.05, 0) is 73.4 Å². The summed E-state index contributed by atoms with van der Waals surface area (Å²) >= 11 is 12.6. The van der Waals surface area contributed by atoms with E-state index in [9.17, 15) is 14.4 Å². The van der Waals surface area contributed by atoms with Crippen LogP contribution in [-0.2, 0) is 11.3 Å². The first-order chi connectivity index (χ1) is 18.7. The van der Waals surface area contributed by atoms with Crippen LogP contribution < -0.4 is 16.4 Å². The zero-order valence-corrected chi connectivity index (χ0v) is 22.7. The lowest BCUT2D eigenvalue weighted by atomic mass is 10.1. The molecule has 8 nitrogen and oxygen atoms in total. The fourth-order valence-electron chi connectivity index (χ4n) is 5.24. The number of hydrogen-bond donors (Lipinski definition) is 3. The molecule has 2 atom stereocenters. The summed E-state index contributed by atoms with van der Waals surface area (Å²) in [7, 11) is 1.65. The third kappa shape index (κ3) is 5.62. The van der Waals surface area contributed by atoms with E-state index in [-0.39, 0.29) is 30.3 Å². The van der Waals surface area contributed by atoms with Gasteiger partial charge in [0.25, 0.3) is 5.91 Å². The Morgan fingerprint density at radius 2 is 1.77 bits per heavy atom. The van der Waals surface area contributed by atoms with Gasteiger partial charge in [0.2, 0.25) is 11.8 Å². The zero-order valence-electron chi connectivity index (χ0n) is 21.2. The zero-order chi connectivity index (χ0) is 27.7. The van der Waals surface area contributed by atoms with Crippen molar-refractivity contribution in [1.29, 1.82) is 0 Å². The summed E-state index contributed by atoms with van der Waals surface area (Å²) in [6, 6.07) is 17.5. The van der Waals surface area contributed by atoms with E-state index < -0.39 is 5.91 Å². The summed E-state index contributed by atoms with van der Waals surface area (Å²) in [5, 5.41) is 6.65.